The fourth-order valence-corrected chi connectivity index (χ4v) is 4.55. The van der Waals surface area contributed by atoms with Crippen molar-refractivity contribution in [3.63, 3.8) is 0 Å². The molecule has 37 heavy (non-hydrogen) atoms. The highest BCUT2D eigenvalue weighted by Crippen LogP contribution is 2.28. The first-order valence-electron chi connectivity index (χ1n) is 11.2. The van der Waals surface area contributed by atoms with Crippen LogP contribution in [-0.2, 0) is 16.1 Å². The Bertz CT molecular complexity index is 1680. The number of nitrogens with zero attached hydrogens (tertiary/aromatic N) is 3. The Balaban J connectivity index is 1.55. The van der Waals surface area contributed by atoms with E-state index in [4.69, 9.17) is 17.3 Å². The molecule has 1 saturated heterocycles. The molecule has 0 bridgehead atoms. The van der Waals surface area contributed by atoms with Crippen LogP contribution in [0, 0.1) is 11.3 Å². The van der Waals surface area contributed by atoms with E-state index in [1.165, 1.54) is 30.3 Å². The number of aromatic carboxylic acids is 1. The molecule has 0 atom stereocenters. The van der Waals surface area contributed by atoms with E-state index >= 15 is 0 Å². The van der Waals surface area contributed by atoms with Gasteiger partial charge in [0.15, 0.2) is 5.11 Å². The maximum atomic E-state index is 13.4. The number of carbonyl (C=O) groups excluding carboxylic acids is 2. The monoisotopic (exact) mass is 506 g/mol. The van der Waals surface area contributed by atoms with E-state index in [9.17, 15) is 19.6 Å². The molecule has 1 aliphatic heterocycles. The lowest BCUT2D eigenvalue weighted by molar-refractivity contribution is -0.122. The SMILES string of the molecule is N#Cc1ccccc1Cn1cc(/C=C2\C(=O)NC(=S)N(c3ccc(C(=O)O)cc3)C2=O)c2ccccc21. The van der Waals surface area contributed by atoms with Crippen LogP contribution in [0.15, 0.2) is 84.6 Å². The first-order chi connectivity index (χ1) is 17.9. The molecule has 0 aliphatic carbocycles. The Labute approximate surface area is 216 Å². The van der Waals surface area contributed by atoms with E-state index in [1.54, 1.807) is 6.07 Å². The Morgan fingerprint density at radius 1 is 1.03 bits per heavy atom. The number of hydrogen-bond donors (Lipinski definition) is 2. The van der Waals surface area contributed by atoms with Gasteiger partial charge in [-0.1, -0.05) is 36.4 Å². The van der Waals surface area contributed by atoms with Gasteiger partial charge in [-0.25, -0.2) is 4.79 Å². The van der Waals surface area contributed by atoms with Crippen LogP contribution in [0.2, 0.25) is 0 Å². The van der Waals surface area contributed by atoms with Crippen molar-refractivity contribution >= 4 is 57.8 Å². The average molecular weight is 507 g/mol. The summed E-state index contributed by atoms with van der Waals surface area (Å²) in [4.78, 5) is 38.6. The van der Waals surface area contributed by atoms with Crippen molar-refractivity contribution in [2.75, 3.05) is 4.90 Å². The lowest BCUT2D eigenvalue weighted by atomic mass is 10.1. The van der Waals surface area contributed by atoms with Crippen LogP contribution in [-0.4, -0.2) is 32.6 Å². The van der Waals surface area contributed by atoms with Crippen molar-refractivity contribution in [2.45, 2.75) is 6.54 Å². The third-order valence-electron chi connectivity index (χ3n) is 6.07. The van der Waals surface area contributed by atoms with E-state index in [0.717, 1.165) is 21.4 Å². The van der Waals surface area contributed by atoms with Gasteiger partial charge in [-0.05, 0) is 60.3 Å². The normalized spacial score (nSPS) is 14.6. The van der Waals surface area contributed by atoms with Crippen molar-refractivity contribution in [3.05, 3.63) is 107 Å². The number of carboxylic acid groups (broad SMARTS) is 1. The number of aromatic nitrogens is 1. The Kier molecular flexibility index (Phi) is 6.09. The fourth-order valence-electron chi connectivity index (χ4n) is 4.27. The van der Waals surface area contributed by atoms with Crippen molar-refractivity contribution in [2.24, 2.45) is 0 Å². The molecule has 2 N–H and O–H groups in total. The standard InChI is InChI=1S/C28H18N4O4S/c29-14-18-5-1-2-6-19(18)15-31-16-20(22-7-3-4-8-24(22)31)13-23-25(33)30-28(37)32(26(23)34)21-11-9-17(10-12-21)27(35)36/h1-13,16H,15H2,(H,35,36)(H,30,33,37)/b23-13+. The van der Waals surface area contributed by atoms with Crippen molar-refractivity contribution in [1.82, 2.24) is 9.88 Å². The van der Waals surface area contributed by atoms with Gasteiger partial charge < -0.3 is 9.67 Å². The minimum atomic E-state index is -1.10. The van der Waals surface area contributed by atoms with Crippen LogP contribution in [0.25, 0.3) is 17.0 Å². The second-order valence-corrected chi connectivity index (χ2v) is 8.70. The summed E-state index contributed by atoms with van der Waals surface area (Å²) < 4.78 is 1.97. The number of anilines is 1. The highest BCUT2D eigenvalue weighted by molar-refractivity contribution is 7.80. The smallest absolute Gasteiger partial charge is 0.335 e. The maximum Gasteiger partial charge on any atom is 0.335 e. The molecule has 2 amide bonds. The van der Waals surface area contributed by atoms with Gasteiger partial charge in [-0.15, -0.1) is 0 Å². The summed E-state index contributed by atoms with van der Waals surface area (Å²) in [6, 6.07) is 22.8. The van der Waals surface area contributed by atoms with E-state index in [1.807, 2.05) is 53.2 Å². The maximum absolute atomic E-state index is 13.4. The molecule has 5 rings (SSSR count). The highest BCUT2D eigenvalue weighted by Gasteiger charge is 2.34. The second-order valence-electron chi connectivity index (χ2n) is 8.31. The van der Waals surface area contributed by atoms with Gasteiger partial charge >= 0.3 is 5.97 Å². The summed E-state index contributed by atoms with van der Waals surface area (Å²) in [5, 5.41) is 21.9. The van der Waals surface area contributed by atoms with E-state index in [2.05, 4.69) is 11.4 Å². The fraction of sp³-hybridized carbons (Fsp3) is 0.0357. The number of para-hydroxylation sites is 1. The third-order valence-corrected chi connectivity index (χ3v) is 6.36. The average Bonchev–Trinajstić information content (AvgIpc) is 3.24. The Morgan fingerprint density at radius 2 is 1.73 bits per heavy atom. The van der Waals surface area contributed by atoms with Gasteiger partial charge in [0.2, 0.25) is 0 Å². The van der Waals surface area contributed by atoms with Gasteiger partial charge in [0.05, 0.1) is 22.9 Å². The first kappa shape index (κ1) is 23.7. The Hall–Kier alpha value is -5.07. The molecule has 1 aliphatic rings. The molecular weight excluding hydrogens is 488 g/mol. The number of thiocarbonyl (C=S) groups is 1. The molecule has 180 valence electrons. The number of hydrogen-bond acceptors (Lipinski definition) is 5. The first-order valence-corrected chi connectivity index (χ1v) is 11.6. The van der Waals surface area contributed by atoms with Gasteiger partial charge in [0.25, 0.3) is 11.8 Å². The predicted molar refractivity (Wildman–Crippen MR) is 142 cm³/mol. The molecule has 1 aromatic heterocycles. The summed E-state index contributed by atoms with van der Waals surface area (Å²) in [5.41, 5.74) is 3.22. The molecule has 0 radical (unpaired) electrons. The molecule has 3 aromatic carbocycles. The summed E-state index contributed by atoms with van der Waals surface area (Å²) in [5.74, 6) is -2.34. The number of carbonyl (C=O) groups is 3. The van der Waals surface area contributed by atoms with E-state index in [0.29, 0.717) is 23.4 Å². The molecule has 4 aromatic rings. The lowest BCUT2D eigenvalue weighted by Gasteiger charge is -2.28. The lowest BCUT2D eigenvalue weighted by Crippen LogP contribution is -2.54. The van der Waals surface area contributed by atoms with E-state index < -0.39 is 17.8 Å². The molecule has 0 spiro atoms. The molecule has 9 heteroatoms. The van der Waals surface area contributed by atoms with Crippen LogP contribution >= 0.6 is 12.2 Å². The van der Waals surface area contributed by atoms with Crippen molar-refractivity contribution in [3.8, 4) is 6.07 Å². The zero-order valence-electron chi connectivity index (χ0n) is 19.2. The van der Waals surface area contributed by atoms with Crippen LogP contribution in [0.3, 0.4) is 0 Å². The van der Waals surface area contributed by atoms with Gasteiger partial charge in [-0.3, -0.25) is 19.8 Å². The topological polar surface area (TPSA) is 115 Å². The summed E-state index contributed by atoms with van der Waals surface area (Å²) in [6.07, 6.45) is 3.36. The molecule has 0 unspecified atom stereocenters. The van der Waals surface area contributed by atoms with E-state index in [-0.39, 0.29) is 16.2 Å². The molecule has 2 heterocycles. The number of amides is 2. The summed E-state index contributed by atoms with van der Waals surface area (Å²) in [7, 11) is 0. The number of nitriles is 1. The quantitative estimate of drug-likeness (QED) is 0.239. The third kappa shape index (κ3) is 4.37. The number of rotatable bonds is 5. The number of carboxylic acids is 1. The van der Waals surface area contributed by atoms with Gasteiger partial charge in [0, 0.05) is 29.2 Å². The minimum Gasteiger partial charge on any atom is -0.478 e. The number of benzene rings is 3. The zero-order valence-corrected chi connectivity index (χ0v) is 20.0. The van der Waals surface area contributed by atoms with Crippen LogP contribution in [0.1, 0.15) is 27.0 Å². The predicted octanol–water partition coefficient (Wildman–Crippen LogP) is 4.09. The van der Waals surface area contributed by atoms with Gasteiger partial charge in [0.1, 0.15) is 5.57 Å². The van der Waals surface area contributed by atoms with Gasteiger partial charge in [-0.2, -0.15) is 5.26 Å². The minimum absolute atomic E-state index is 0.0599. The molecule has 0 saturated carbocycles. The Morgan fingerprint density at radius 3 is 2.46 bits per heavy atom. The molecular formula is C28H18N4O4S. The highest BCUT2D eigenvalue weighted by atomic mass is 32.1. The number of fused-ring (bicyclic) bond motifs is 1. The van der Waals surface area contributed by atoms with Crippen LogP contribution in [0.4, 0.5) is 5.69 Å². The zero-order chi connectivity index (χ0) is 26.1. The molecule has 1 fully saturated rings. The summed E-state index contributed by atoms with van der Waals surface area (Å²) >= 11 is 5.24. The molecule has 8 nitrogen and oxygen atoms in total. The number of nitrogens with one attached hydrogen (secondary N) is 1. The second kappa shape index (κ2) is 9.53. The van der Waals surface area contributed by atoms with Crippen LogP contribution in [0.5, 0.6) is 0 Å². The van der Waals surface area contributed by atoms with Crippen molar-refractivity contribution in [1.29, 1.82) is 5.26 Å². The van der Waals surface area contributed by atoms with Crippen molar-refractivity contribution < 1.29 is 19.5 Å². The van der Waals surface area contributed by atoms with Crippen LogP contribution < -0.4 is 10.2 Å². The largest absolute Gasteiger partial charge is 0.478 e. The summed E-state index contributed by atoms with van der Waals surface area (Å²) in [6.45, 7) is 0.430.